The van der Waals surface area contributed by atoms with Crippen LogP contribution in [0.4, 0.5) is 0 Å². The molecule has 4 N–H and O–H groups in total. The van der Waals surface area contributed by atoms with Gasteiger partial charge in [-0.15, -0.1) is 0 Å². The average Bonchev–Trinajstić information content (AvgIpc) is 2.88. The van der Waals surface area contributed by atoms with Crippen LogP contribution in [-0.4, -0.2) is 28.0 Å². The Hall–Kier alpha value is -1.69. The fourth-order valence-electron chi connectivity index (χ4n) is 1.69. The van der Waals surface area contributed by atoms with E-state index in [1.54, 1.807) is 0 Å². The number of benzene rings is 1. The maximum absolute atomic E-state index is 8.68. The van der Waals surface area contributed by atoms with Crippen LogP contribution in [0, 0.1) is 0 Å². The largest absolute Gasteiger partial charge is 0.395 e. The first-order valence-corrected chi connectivity index (χ1v) is 5.98. The number of aliphatic hydroxyl groups is 1. The third-order valence-electron chi connectivity index (χ3n) is 2.69. The second-order valence-electron chi connectivity index (χ2n) is 4.06. The molecule has 0 fully saturated rings. The van der Waals surface area contributed by atoms with E-state index in [0.717, 1.165) is 16.8 Å². The minimum Gasteiger partial charge on any atom is -0.395 e. The molecule has 0 radical (unpaired) electrons. The molecule has 5 heteroatoms. The molecule has 0 spiro atoms. The normalized spacial score (nSPS) is 10.8. The van der Waals surface area contributed by atoms with E-state index in [9.17, 15) is 0 Å². The summed E-state index contributed by atoms with van der Waals surface area (Å²) in [6.07, 6.45) is 3.79. The van der Waals surface area contributed by atoms with Crippen molar-refractivity contribution in [3.8, 4) is 5.69 Å². The zero-order valence-electron chi connectivity index (χ0n) is 10.2. The van der Waals surface area contributed by atoms with Gasteiger partial charge in [0.1, 0.15) is 0 Å². The van der Waals surface area contributed by atoms with Crippen LogP contribution in [0.15, 0.2) is 36.7 Å². The Morgan fingerprint density at radius 2 is 2.00 bits per heavy atom. The molecule has 0 aliphatic rings. The molecule has 0 aliphatic heterocycles. The molecule has 0 saturated carbocycles. The van der Waals surface area contributed by atoms with Gasteiger partial charge in [-0.25, -0.2) is 4.68 Å². The van der Waals surface area contributed by atoms with Crippen molar-refractivity contribution in [3.63, 3.8) is 0 Å². The van der Waals surface area contributed by atoms with Crippen molar-refractivity contribution in [1.82, 2.24) is 15.1 Å². The quantitative estimate of drug-likeness (QED) is 0.645. The van der Waals surface area contributed by atoms with Crippen molar-refractivity contribution in [1.29, 1.82) is 0 Å². The van der Waals surface area contributed by atoms with E-state index in [-0.39, 0.29) is 6.61 Å². The van der Waals surface area contributed by atoms with Gasteiger partial charge in [-0.3, -0.25) is 0 Å². The fraction of sp³-hybridized carbons (Fsp3) is 0.308. The summed E-state index contributed by atoms with van der Waals surface area (Å²) in [6, 6.07) is 8.00. The van der Waals surface area contributed by atoms with Crippen LogP contribution in [0.2, 0.25) is 0 Å². The molecule has 0 saturated heterocycles. The van der Waals surface area contributed by atoms with Gasteiger partial charge >= 0.3 is 0 Å². The second-order valence-corrected chi connectivity index (χ2v) is 4.06. The number of nitrogens with zero attached hydrogens (tertiary/aromatic N) is 2. The van der Waals surface area contributed by atoms with Crippen molar-refractivity contribution in [2.24, 2.45) is 5.73 Å². The zero-order chi connectivity index (χ0) is 12.8. The molecule has 0 amide bonds. The lowest BCUT2D eigenvalue weighted by atomic mass is 10.2. The van der Waals surface area contributed by atoms with Gasteiger partial charge in [-0.2, -0.15) is 5.10 Å². The summed E-state index contributed by atoms with van der Waals surface area (Å²) in [7, 11) is 0. The first-order chi connectivity index (χ1) is 8.83. The second kappa shape index (κ2) is 6.30. The van der Waals surface area contributed by atoms with Gasteiger partial charge in [0, 0.05) is 31.4 Å². The van der Waals surface area contributed by atoms with Crippen molar-refractivity contribution in [2.75, 3.05) is 13.2 Å². The Labute approximate surface area is 106 Å². The number of aromatic nitrogens is 2. The van der Waals surface area contributed by atoms with E-state index in [0.29, 0.717) is 19.6 Å². The van der Waals surface area contributed by atoms with Gasteiger partial charge < -0.3 is 16.2 Å². The Balaban J connectivity index is 2.04. The van der Waals surface area contributed by atoms with Gasteiger partial charge in [0.2, 0.25) is 0 Å². The molecule has 1 heterocycles. The minimum atomic E-state index is 0.148. The third-order valence-corrected chi connectivity index (χ3v) is 2.69. The predicted molar refractivity (Wildman–Crippen MR) is 70.2 cm³/mol. The number of hydrogen-bond donors (Lipinski definition) is 3. The predicted octanol–water partition coefficient (Wildman–Crippen LogP) is 0.413. The van der Waals surface area contributed by atoms with E-state index in [4.69, 9.17) is 10.8 Å². The molecule has 0 aliphatic carbocycles. The Bertz CT molecular complexity index is 478. The van der Waals surface area contributed by atoms with Gasteiger partial charge in [0.05, 0.1) is 18.5 Å². The maximum Gasteiger partial charge on any atom is 0.0645 e. The first kappa shape index (κ1) is 12.8. The highest BCUT2D eigenvalue weighted by Gasteiger charge is 2.00. The number of rotatable bonds is 6. The van der Waals surface area contributed by atoms with Gasteiger partial charge in [0.25, 0.3) is 0 Å². The summed E-state index contributed by atoms with van der Waals surface area (Å²) in [5.74, 6) is 0. The molecule has 0 bridgehead atoms. The first-order valence-electron chi connectivity index (χ1n) is 5.98. The Morgan fingerprint density at radius 3 is 2.67 bits per heavy atom. The summed E-state index contributed by atoms with van der Waals surface area (Å²) in [5.41, 5.74) is 8.77. The van der Waals surface area contributed by atoms with Crippen LogP contribution in [0.25, 0.3) is 5.69 Å². The van der Waals surface area contributed by atoms with E-state index < -0.39 is 0 Å². The third kappa shape index (κ3) is 3.16. The van der Waals surface area contributed by atoms with E-state index >= 15 is 0 Å². The molecule has 1 aromatic heterocycles. The lowest BCUT2D eigenvalue weighted by molar-refractivity contribution is 0.292. The average molecular weight is 246 g/mol. The monoisotopic (exact) mass is 246 g/mol. The van der Waals surface area contributed by atoms with E-state index in [1.807, 2.05) is 41.3 Å². The summed E-state index contributed by atoms with van der Waals surface area (Å²) < 4.78 is 1.83. The SMILES string of the molecule is NCc1ccc(-n2cc(CNCCO)cn2)cc1. The number of aliphatic hydroxyl groups excluding tert-OH is 1. The molecule has 96 valence electrons. The minimum absolute atomic E-state index is 0.148. The molecular weight excluding hydrogens is 228 g/mol. The van der Waals surface area contributed by atoms with Crippen LogP contribution < -0.4 is 11.1 Å². The fourth-order valence-corrected chi connectivity index (χ4v) is 1.69. The molecule has 0 unspecified atom stereocenters. The summed E-state index contributed by atoms with van der Waals surface area (Å²) >= 11 is 0. The zero-order valence-corrected chi connectivity index (χ0v) is 10.2. The Kier molecular flexibility index (Phi) is 4.46. The lowest BCUT2D eigenvalue weighted by Gasteiger charge is -2.02. The van der Waals surface area contributed by atoms with Crippen molar-refractivity contribution in [3.05, 3.63) is 47.8 Å². The van der Waals surface area contributed by atoms with Crippen LogP contribution >= 0.6 is 0 Å². The summed E-state index contributed by atoms with van der Waals surface area (Å²) in [4.78, 5) is 0. The number of nitrogens with two attached hydrogens (primary N) is 1. The van der Waals surface area contributed by atoms with Crippen LogP contribution in [0.5, 0.6) is 0 Å². The van der Waals surface area contributed by atoms with Crippen LogP contribution in [-0.2, 0) is 13.1 Å². The smallest absolute Gasteiger partial charge is 0.0645 e. The van der Waals surface area contributed by atoms with E-state index in [2.05, 4.69) is 10.4 Å². The molecule has 2 rings (SSSR count). The van der Waals surface area contributed by atoms with Crippen molar-refractivity contribution in [2.45, 2.75) is 13.1 Å². The topological polar surface area (TPSA) is 76.1 Å². The molecular formula is C13H18N4O. The van der Waals surface area contributed by atoms with Crippen molar-refractivity contribution >= 4 is 0 Å². The molecule has 5 nitrogen and oxygen atoms in total. The van der Waals surface area contributed by atoms with Crippen LogP contribution in [0.1, 0.15) is 11.1 Å². The highest BCUT2D eigenvalue weighted by Crippen LogP contribution is 2.09. The standard InChI is InChI=1S/C13H18N4O/c14-7-11-1-3-13(4-2-11)17-10-12(9-16-17)8-15-5-6-18/h1-4,9-10,15,18H,5-8,14H2. The number of hydrogen-bond acceptors (Lipinski definition) is 4. The highest BCUT2D eigenvalue weighted by molar-refractivity contribution is 5.34. The van der Waals surface area contributed by atoms with E-state index in [1.165, 1.54) is 0 Å². The van der Waals surface area contributed by atoms with Gasteiger partial charge in [-0.05, 0) is 17.7 Å². The molecule has 0 atom stereocenters. The summed E-state index contributed by atoms with van der Waals surface area (Å²) in [6.45, 7) is 2.00. The Morgan fingerprint density at radius 1 is 1.22 bits per heavy atom. The van der Waals surface area contributed by atoms with Gasteiger partial charge in [0.15, 0.2) is 0 Å². The highest BCUT2D eigenvalue weighted by atomic mass is 16.3. The van der Waals surface area contributed by atoms with Gasteiger partial charge in [-0.1, -0.05) is 12.1 Å². The molecule has 18 heavy (non-hydrogen) atoms. The lowest BCUT2D eigenvalue weighted by Crippen LogP contribution is -2.17. The molecule has 1 aromatic carbocycles. The summed E-state index contributed by atoms with van der Waals surface area (Å²) in [5, 5.41) is 16.1. The molecule has 2 aromatic rings. The maximum atomic E-state index is 8.68. The number of nitrogens with one attached hydrogen (secondary N) is 1. The van der Waals surface area contributed by atoms with Crippen LogP contribution in [0.3, 0.4) is 0 Å². The van der Waals surface area contributed by atoms with Crippen molar-refractivity contribution < 1.29 is 5.11 Å².